The summed E-state index contributed by atoms with van der Waals surface area (Å²) in [5.41, 5.74) is 4.13. The Morgan fingerprint density at radius 1 is 1.23 bits per heavy atom. The number of hydrogen-bond acceptors (Lipinski definition) is 6. The quantitative estimate of drug-likeness (QED) is 0.604. The molecule has 0 aromatic carbocycles. The van der Waals surface area contributed by atoms with Crippen molar-refractivity contribution < 1.29 is 32.3 Å². The summed E-state index contributed by atoms with van der Waals surface area (Å²) in [5, 5.41) is 5.26. The number of esters is 1. The highest BCUT2D eigenvalue weighted by Crippen LogP contribution is 2.37. The molecule has 3 N–H and O–H groups in total. The average Bonchev–Trinajstić information content (AvgIpc) is 3.10. The Hall–Kier alpha value is -2.60. The maximum Gasteiger partial charge on any atom is 0.436 e. The number of alkyl halides is 3. The summed E-state index contributed by atoms with van der Waals surface area (Å²) in [7, 11) is 0. The zero-order chi connectivity index (χ0) is 23.8. The lowest BCUT2D eigenvalue weighted by Crippen LogP contribution is -2.26. The van der Waals surface area contributed by atoms with Gasteiger partial charge in [-0.05, 0) is 40.2 Å². The molecular formula is C18H20ClF3N4O4S. The summed E-state index contributed by atoms with van der Waals surface area (Å²) in [5.74, 6) is -2.37. The molecule has 170 valence electrons. The Labute approximate surface area is 184 Å². The number of hydrogen-bond donors (Lipinski definition) is 2. The first-order valence-corrected chi connectivity index (χ1v) is 10.1. The molecule has 0 aliphatic carbocycles. The molecule has 2 aromatic heterocycles. The van der Waals surface area contributed by atoms with Crippen molar-refractivity contribution in [3.63, 3.8) is 0 Å². The molecule has 2 heterocycles. The minimum absolute atomic E-state index is 0.0132. The van der Waals surface area contributed by atoms with E-state index in [4.69, 9.17) is 22.1 Å². The first-order valence-electron chi connectivity index (χ1n) is 8.93. The van der Waals surface area contributed by atoms with E-state index in [9.17, 15) is 27.6 Å². The second-order valence-corrected chi connectivity index (χ2v) is 8.33. The van der Waals surface area contributed by atoms with Crippen LogP contribution in [0.5, 0.6) is 0 Å². The van der Waals surface area contributed by atoms with Crippen molar-refractivity contribution in [2.75, 3.05) is 5.32 Å². The van der Waals surface area contributed by atoms with Crippen molar-refractivity contribution in [1.29, 1.82) is 0 Å². The average molecular weight is 481 g/mol. The van der Waals surface area contributed by atoms with Crippen LogP contribution in [0.25, 0.3) is 0 Å². The van der Waals surface area contributed by atoms with Gasteiger partial charge in [0, 0.05) is 0 Å². The number of ether oxygens (including phenoxy) is 1. The highest BCUT2D eigenvalue weighted by atomic mass is 35.5. The minimum Gasteiger partial charge on any atom is -0.459 e. The number of nitrogens with one attached hydrogen (secondary N) is 1. The van der Waals surface area contributed by atoms with E-state index in [-0.39, 0.29) is 26.7 Å². The van der Waals surface area contributed by atoms with Gasteiger partial charge in [-0.3, -0.25) is 14.3 Å². The smallest absolute Gasteiger partial charge is 0.436 e. The van der Waals surface area contributed by atoms with Crippen LogP contribution in [0.15, 0.2) is 0 Å². The fourth-order valence-corrected chi connectivity index (χ4v) is 4.02. The predicted molar refractivity (Wildman–Crippen MR) is 108 cm³/mol. The third kappa shape index (κ3) is 5.01. The summed E-state index contributed by atoms with van der Waals surface area (Å²) in [6.45, 7) is 7.32. The standard InChI is InChI=1S/C18H20ClF3N4O4S/c1-6(2)30-17(29)10-7(3)12(14(23)27)31-16(10)24-15(28)9(5)26-8(4)11(19)13(25-26)18(20,21)22/h6,9H,1-5H3,(H2,23,27)(H,24,28). The van der Waals surface area contributed by atoms with Crippen LogP contribution in [0.4, 0.5) is 18.2 Å². The number of anilines is 1. The lowest BCUT2D eigenvalue weighted by molar-refractivity contribution is -0.141. The summed E-state index contributed by atoms with van der Waals surface area (Å²) in [6, 6.07) is -1.22. The van der Waals surface area contributed by atoms with Gasteiger partial charge in [0.25, 0.3) is 5.91 Å². The predicted octanol–water partition coefficient (Wildman–Crippen LogP) is 4.10. The van der Waals surface area contributed by atoms with Crippen molar-refractivity contribution in [3.8, 4) is 0 Å². The number of rotatable bonds is 6. The van der Waals surface area contributed by atoms with E-state index < -0.39 is 46.8 Å². The van der Waals surface area contributed by atoms with Crippen molar-refractivity contribution >= 4 is 45.7 Å². The molecule has 31 heavy (non-hydrogen) atoms. The first kappa shape index (κ1) is 24.7. The number of aromatic nitrogens is 2. The lowest BCUT2D eigenvalue weighted by atomic mass is 10.1. The van der Waals surface area contributed by atoms with Crippen LogP contribution in [0.1, 0.15) is 63.8 Å². The molecular weight excluding hydrogens is 461 g/mol. The highest BCUT2D eigenvalue weighted by molar-refractivity contribution is 7.18. The van der Waals surface area contributed by atoms with Crippen LogP contribution >= 0.6 is 22.9 Å². The molecule has 0 aliphatic heterocycles. The molecule has 13 heteroatoms. The fourth-order valence-electron chi connectivity index (χ4n) is 2.74. The van der Waals surface area contributed by atoms with E-state index in [0.29, 0.717) is 0 Å². The second-order valence-electron chi connectivity index (χ2n) is 6.93. The maximum atomic E-state index is 13.1. The summed E-state index contributed by atoms with van der Waals surface area (Å²) in [6.07, 6.45) is -5.26. The topological polar surface area (TPSA) is 116 Å². The van der Waals surface area contributed by atoms with Crippen LogP contribution in [-0.2, 0) is 15.7 Å². The number of primary amides is 1. The molecule has 0 radical (unpaired) electrons. The summed E-state index contributed by atoms with van der Waals surface area (Å²) in [4.78, 5) is 37.0. The Balaban J connectivity index is 2.43. The zero-order valence-corrected chi connectivity index (χ0v) is 18.8. The Morgan fingerprint density at radius 2 is 1.81 bits per heavy atom. The van der Waals surface area contributed by atoms with Gasteiger partial charge in [-0.15, -0.1) is 11.3 Å². The number of nitrogens with zero attached hydrogens (tertiary/aromatic N) is 2. The molecule has 0 aliphatic rings. The molecule has 0 saturated carbocycles. The Bertz CT molecular complexity index is 1050. The zero-order valence-electron chi connectivity index (χ0n) is 17.2. The van der Waals surface area contributed by atoms with E-state index in [0.717, 1.165) is 16.0 Å². The van der Waals surface area contributed by atoms with Gasteiger partial charge in [-0.25, -0.2) is 4.79 Å². The van der Waals surface area contributed by atoms with E-state index in [1.807, 2.05) is 0 Å². The van der Waals surface area contributed by atoms with Crippen LogP contribution in [0.3, 0.4) is 0 Å². The number of carbonyl (C=O) groups is 3. The SMILES string of the molecule is Cc1c(C(N)=O)sc(NC(=O)C(C)n2nc(C(F)(F)F)c(Cl)c2C)c1C(=O)OC(C)C. The van der Waals surface area contributed by atoms with Gasteiger partial charge in [-0.2, -0.15) is 18.3 Å². The van der Waals surface area contributed by atoms with E-state index in [1.165, 1.54) is 20.8 Å². The number of nitrogens with two attached hydrogens (primary N) is 1. The molecule has 0 fully saturated rings. The van der Waals surface area contributed by atoms with Gasteiger partial charge in [0.1, 0.15) is 11.0 Å². The van der Waals surface area contributed by atoms with E-state index >= 15 is 0 Å². The maximum absolute atomic E-state index is 13.1. The molecule has 2 amide bonds. The van der Waals surface area contributed by atoms with Crippen LogP contribution in [0, 0.1) is 13.8 Å². The van der Waals surface area contributed by atoms with Crippen LogP contribution in [-0.4, -0.2) is 33.7 Å². The van der Waals surface area contributed by atoms with Crippen molar-refractivity contribution in [2.45, 2.75) is 52.9 Å². The molecule has 8 nitrogen and oxygen atoms in total. The molecule has 2 aromatic rings. The van der Waals surface area contributed by atoms with Gasteiger partial charge < -0.3 is 15.8 Å². The number of halogens is 4. The largest absolute Gasteiger partial charge is 0.459 e. The summed E-state index contributed by atoms with van der Waals surface area (Å²) >= 11 is 6.50. The van der Waals surface area contributed by atoms with Crippen LogP contribution in [0.2, 0.25) is 5.02 Å². The number of thiophene rings is 1. The Morgan fingerprint density at radius 3 is 2.26 bits per heavy atom. The van der Waals surface area contributed by atoms with E-state index in [1.54, 1.807) is 13.8 Å². The molecule has 1 atom stereocenters. The Kier molecular flexibility index (Phi) is 7.06. The fraction of sp³-hybridized carbons (Fsp3) is 0.444. The third-order valence-corrected chi connectivity index (χ3v) is 5.92. The van der Waals surface area contributed by atoms with Gasteiger partial charge >= 0.3 is 12.1 Å². The molecule has 0 spiro atoms. The van der Waals surface area contributed by atoms with Crippen molar-refractivity contribution in [2.24, 2.45) is 5.73 Å². The van der Waals surface area contributed by atoms with Crippen molar-refractivity contribution in [3.05, 3.63) is 32.4 Å². The van der Waals surface area contributed by atoms with Gasteiger partial charge in [0.15, 0.2) is 5.69 Å². The van der Waals surface area contributed by atoms with Crippen LogP contribution < -0.4 is 11.1 Å². The van der Waals surface area contributed by atoms with Crippen molar-refractivity contribution in [1.82, 2.24) is 9.78 Å². The first-order chi connectivity index (χ1) is 14.2. The monoisotopic (exact) mass is 480 g/mol. The lowest BCUT2D eigenvalue weighted by Gasteiger charge is -2.15. The van der Waals surface area contributed by atoms with Gasteiger partial charge in [-0.1, -0.05) is 11.6 Å². The second kappa shape index (κ2) is 8.87. The molecule has 2 rings (SSSR count). The molecule has 0 bridgehead atoms. The highest BCUT2D eigenvalue weighted by Gasteiger charge is 2.39. The molecule has 1 unspecified atom stereocenters. The van der Waals surface area contributed by atoms with Gasteiger partial charge in [0.05, 0.1) is 27.3 Å². The minimum atomic E-state index is -4.79. The third-order valence-electron chi connectivity index (χ3n) is 4.25. The summed E-state index contributed by atoms with van der Waals surface area (Å²) < 4.78 is 45.2. The van der Waals surface area contributed by atoms with E-state index in [2.05, 4.69) is 10.4 Å². The number of amides is 2. The van der Waals surface area contributed by atoms with Gasteiger partial charge in [0.2, 0.25) is 5.91 Å². The molecule has 0 saturated heterocycles. The normalized spacial score (nSPS) is 12.7. The number of carbonyl (C=O) groups excluding carboxylic acids is 3.